The molecular weight excluding hydrogens is 212 g/mol. The Kier molecular flexibility index (Phi) is 3.29. The van der Waals surface area contributed by atoms with Gasteiger partial charge >= 0.3 is 0 Å². The van der Waals surface area contributed by atoms with Crippen LogP contribution in [0.5, 0.6) is 0 Å². The van der Waals surface area contributed by atoms with Crippen LogP contribution < -0.4 is 0 Å². The van der Waals surface area contributed by atoms with Crippen molar-refractivity contribution in [2.24, 2.45) is 7.05 Å². The lowest BCUT2D eigenvalue weighted by atomic mass is 10.1. The second-order valence-corrected chi connectivity index (χ2v) is 4.42. The summed E-state index contributed by atoms with van der Waals surface area (Å²) >= 11 is 0. The predicted octanol–water partition coefficient (Wildman–Crippen LogP) is 2.24. The van der Waals surface area contributed by atoms with Crippen LogP contribution >= 0.6 is 0 Å². The minimum atomic E-state index is 0.159. The Morgan fingerprint density at radius 2 is 2.06 bits per heavy atom. The molecule has 3 heteroatoms. The van der Waals surface area contributed by atoms with Gasteiger partial charge in [-0.1, -0.05) is 23.8 Å². The second-order valence-electron chi connectivity index (χ2n) is 4.42. The number of aliphatic hydroxyl groups is 1. The molecule has 0 amide bonds. The summed E-state index contributed by atoms with van der Waals surface area (Å²) in [6.45, 7) is 4.35. The van der Waals surface area contributed by atoms with Crippen LogP contribution in [0.1, 0.15) is 16.8 Å². The fourth-order valence-corrected chi connectivity index (χ4v) is 2.11. The minimum Gasteiger partial charge on any atom is -0.396 e. The molecule has 0 saturated carbocycles. The molecule has 1 heterocycles. The Morgan fingerprint density at radius 3 is 2.71 bits per heavy atom. The van der Waals surface area contributed by atoms with Crippen molar-refractivity contribution in [3.63, 3.8) is 0 Å². The molecule has 0 atom stereocenters. The molecule has 0 spiro atoms. The summed E-state index contributed by atoms with van der Waals surface area (Å²) in [6.07, 6.45) is 2.49. The molecule has 2 aromatic rings. The van der Waals surface area contributed by atoms with Crippen LogP contribution in [-0.2, 0) is 13.5 Å². The lowest BCUT2D eigenvalue weighted by Crippen LogP contribution is -2.01. The van der Waals surface area contributed by atoms with Crippen LogP contribution in [0.4, 0.5) is 0 Å². The number of rotatable bonds is 3. The zero-order valence-electron chi connectivity index (χ0n) is 10.6. The van der Waals surface area contributed by atoms with Gasteiger partial charge < -0.3 is 9.67 Å². The molecule has 0 fully saturated rings. The fraction of sp³-hybridized carbons (Fsp3) is 0.357. The van der Waals surface area contributed by atoms with E-state index < -0.39 is 0 Å². The highest BCUT2D eigenvalue weighted by Gasteiger charge is 2.10. The van der Waals surface area contributed by atoms with Crippen molar-refractivity contribution in [1.82, 2.24) is 9.55 Å². The average molecular weight is 230 g/mol. The van der Waals surface area contributed by atoms with Gasteiger partial charge in [0.1, 0.15) is 5.82 Å². The summed E-state index contributed by atoms with van der Waals surface area (Å²) in [5, 5.41) is 8.97. The number of hydrogen-bond acceptors (Lipinski definition) is 2. The van der Waals surface area contributed by atoms with Crippen LogP contribution in [0.25, 0.3) is 11.4 Å². The highest BCUT2D eigenvalue weighted by molar-refractivity contribution is 5.61. The van der Waals surface area contributed by atoms with Gasteiger partial charge in [-0.3, -0.25) is 0 Å². The Labute approximate surface area is 102 Å². The first kappa shape index (κ1) is 11.9. The lowest BCUT2D eigenvalue weighted by Gasteiger charge is -2.08. The van der Waals surface area contributed by atoms with Crippen LogP contribution in [0, 0.1) is 13.8 Å². The van der Waals surface area contributed by atoms with E-state index in [1.807, 2.05) is 17.8 Å². The first-order valence-electron chi connectivity index (χ1n) is 5.82. The Hall–Kier alpha value is -1.61. The number of nitrogens with zero attached hydrogens (tertiary/aromatic N) is 2. The maximum Gasteiger partial charge on any atom is 0.140 e. The molecule has 1 aromatic carbocycles. The van der Waals surface area contributed by atoms with Gasteiger partial charge in [-0.15, -0.1) is 0 Å². The highest BCUT2D eigenvalue weighted by atomic mass is 16.3. The zero-order valence-corrected chi connectivity index (χ0v) is 10.6. The van der Waals surface area contributed by atoms with Crippen LogP contribution in [-0.4, -0.2) is 21.3 Å². The number of benzene rings is 1. The maximum atomic E-state index is 8.97. The highest BCUT2D eigenvalue weighted by Crippen LogP contribution is 2.23. The number of aryl methyl sites for hydroxylation is 2. The molecule has 0 bridgehead atoms. The number of hydrogen-bond donors (Lipinski definition) is 1. The molecule has 1 N–H and O–H groups in total. The standard InChI is InChI=1S/C14H18N2O/c1-10-4-5-13(11(2)8-10)14-15-9-12(6-7-17)16(14)3/h4-5,8-9,17H,6-7H2,1-3H3. The number of imidazole rings is 1. The molecule has 17 heavy (non-hydrogen) atoms. The molecule has 0 aliphatic rings. The van der Waals surface area contributed by atoms with E-state index >= 15 is 0 Å². The van der Waals surface area contributed by atoms with Crippen molar-refractivity contribution in [3.05, 3.63) is 41.2 Å². The van der Waals surface area contributed by atoms with E-state index in [9.17, 15) is 0 Å². The van der Waals surface area contributed by atoms with Gasteiger partial charge in [-0.05, 0) is 19.4 Å². The molecule has 0 unspecified atom stereocenters. The molecule has 0 saturated heterocycles. The van der Waals surface area contributed by atoms with Gasteiger partial charge in [-0.2, -0.15) is 0 Å². The van der Waals surface area contributed by atoms with Crippen molar-refractivity contribution in [2.75, 3.05) is 6.61 Å². The summed E-state index contributed by atoms with van der Waals surface area (Å²) in [5.41, 5.74) is 4.70. The van der Waals surface area contributed by atoms with Gasteiger partial charge in [0, 0.05) is 37.5 Å². The summed E-state index contributed by atoms with van der Waals surface area (Å²) < 4.78 is 2.05. The van der Waals surface area contributed by atoms with Crippen molar-refractivity contribution in [2.45, 2.75) is 20.3 Å². The molecule has 0 radical (unpaired) electrons. The predicted molar refractivity (Wildman–Crippen MR) is 68.9 cm³/mol. The number of aliphatic hydroxyl groups excluding tert-OH is 1. The van der Waals surface area contributed by atoms with Crippen LogP contribution in [0.2, 0.25) is 0 Å². The van der Waals surface area contributed by atoms with Crippen molar-refractivity contribution < 1.29 is 5.11 Å². The Bertz CT molecular complexity index is 529. The van der Waals surface area contributed by atoms with Gasteiger partial charge in [-0.25, -0.2) is 4.98 Å². The molecule has 0 aliphatic carbocycles. The first-order valence-corrected chi connectivity index (χ1v) is 5.82. The molecule has 3 nitrogen and oxygen atoms in total. The fourth-order valence-electron chi connectivity index (χ4n) is 2.11. The molecule has 90 valence electrons. The topological polar surface area (TPSA) is 38.1 Å². The second kappa shape index (κ2) is 4.72. The molecule has 0 aliphatic heterocycles. The third kappa shape index (κ3) is 2.24. The Balaban J connectivity index is 2.46. The molecule has 1 aromatic heterocycles. The number of aromatic nitrogens is 2. The monoisotopic (exact) mass is 230 g/mol. The third-order valence-corrected chi connectivity index (χ3v) is 3.08. The summed E-state index contributed by atoms with van der Waals surface area (Å²) in [4.78, 5) is 4.45. The Morgan fingerprint density at radius 1 is 1.29 bits per heavy atom. The van der Waals surface area contributed by atoms with E-state index in [4.69, 9.17) is 5.11 Å². The summed E-state index contributed by atoms with van der Waals surface area (Å²) in [5.74, 6) is 0.964. The van der Waals surface area contributed by atoms with Gasteiger partial charge in [0.05, 0.1) is 0 Å². The van der Waals surface area contributed by atoms with Crippen LogP contribution in [0.3, 0.4) is 0 Å². The van der Waals surface area contributed by atoms with Crippen molar-refractivity contribution in [3.8, 4) is 11.4 Å². The third-order valence-electron chi connectivity index (χ3n) is 3.08. The van der Waals surface area contributed by atoms with Crippen molar-refractivity contribution in [1.29, 1.82) is 0 Å². The summed E-state index contributed by atoms with van der Waals surface area (Å²) in [6, 6.07) is 6.37. The molecule has 2 rings (SSSR count). The first-order chi connectivity index (χ1) is 8.13. The van der Waals surface area contributed by atoms with E-state index in [0.29, 0.717) is 6.42 Å². The van der Waals surface area contributed by atoms with Gasteiger partial charge in [0.2, 0.25) is 0 Å². The van der Waals surface area contributed by atoms with Crippen LogP contribution in [0.15, 0.2) is 24.4 Å². The van der Waals surface area contributed by atoms with E-state index in [0.717, 1.165) is 17.1 Å². The normalized spacial score (nSPS) is 10.8. The zero-order chi connectivity index (χ0) is 12.4. The van der Waals surface area contributed by atoms with Gasteiger partial charge in [0.25, 0.3) is 0 Å². The van der Waals surface area contributed by atoms with Gasteiger partial charge in [0.15, 0.2) is 0 Å². The van der Waals surface area contributed by atoms with E-state index in [1.165, 1.54) is 11.1 Å². The summed E-state index contributed by atoms with van der Waals surface area (Å²) in [7, 11) is 1.99. The van der Waals surface area contributed by atoms with Crippen molar-refractivity contribution >= 4 is 0 Å². The maximum absolute atomic E-state index is 8.97. The average Bonchev–Trinajstić information content (AvgIpc) is 2.62. The van der Waals surface area contributed by atoms with E-state index in [2.05, 4.69) is 37.0 Å². The van der Waals surface area contributed by atoms with E-state index in [-0.39, 0.29) is 6.61 Å². The largest absolute Gasteiger partial charge is 0.396 e. The smallest absolute Gasteiger partial charge is 0.140 e. The minimum absolute atomic E-state index is 0.159. The van der Waals surface area contributed by atoms with E-state index in [1.54, 1.807) is 0 Å². The quantitative estimate of drug-likeness (QED) is 0.878. The lowest BCUT2D eigenvalue weighted by molar-refractivity contribution is 0.297. The molecular formula is C14H18N2O. The SMILES string of the molecule is Cc1ccc(-c2ncc(CCO)n2C)c(C)c1.